The normalized spacial score (nSPS) is 20.8. The Kier molecular flexibility index (Phi) is 5.06. The highest BCUT2D eigenvalue weighted by Crippen LogP contribution is 2.28. The first-order chi connectivity index (χ1) is 7.77. The van der Waals surface area contributed by atoms with Crippen LogP contribution in [0.5, 0.6) is 0 Å². The van der Waals surface area contributed by atoms with E-state index in [9.17, 15) is 0 Å². The van der Waals surface area contributed by atoms with Gasteiger partial charge in [0.1, 0.15) is 17.3 Å². The molecule has 0 aliphatic carbocycles. The highest BCUT2D eigenvalue weighted by atomic mass is 79.9. The van der Waals surface area contributed by atoms with Gasteiger partial charge in [0, 0.05) is 29.1 Å². The van der Waals surface area contributed by atoms with E-state index in [-0.39, 0.29) is 0 Å². The lowest BCUT2D eigenvalue weighted by molar-refractivity contribution is 0.984. The van der Waals surface area contributed by atoms with Crippen LogP contribution >= 0.6 is 51.1 Å². The molecule has 3 nitrogen and oxygen atoms in total. The van der Waals surface area contributed by atoms with Crippen LogP contribution in [0.4, 0.5) is 5.82 Å². The van der Waals surface area contributed by atoms with Gasteiger partial charge in [-0.05, 0) is 15.9 Å². The molecular weight excluding hydrogens is 330 g/mol. The van der Waals surface area contributed by atoms with Crippen LogP contribution in [0.1, 0.15) is 0 Å². The second-order valence-electron chi connectivity index (χ2n) is 3.28. The molecule has 1 unspecified atom stereocenters. The molecule has 0 amide bonds. The number of hydrogen-bond donors (Lipinski definition) is 1. The first-order valence-corrected chi connectivity index (χ1v) is 8.24. The van der Waals surface area contributed by atoms with E-state index >= 15 is 0 Å². The van der Waals surface area contributed by atoms with E-state index in [2.05, 4.69) is 31.2 Å². The van der Waals surface area contributed by atoms with E-state index in [0.29, 0.717) is 10.4 Å². The summed E-state index contributed by atoms with van der Waals surface area (Å²) < 4.78 is 0.741. The van der Waals surface area contributed by atoms with Gasteiger partial charge in [-0.3, -0.25) is 0 Å². The Labute approximate surface area is 117 Å². The monoisotopic (exact) mass is 339 g/mol. The first-order valence-electron chi connectivity index (χ1n) is 4.86. The Hall–Kier alpha value is 0.350. The van der Waals surface area contributed by atoms with Crippen LogP contribution in [-0.2, 0) is 0 Å². The van der Waals surface area contributed by atoms with E-state index in [1.165, 1.54) is 23.6 Å². The number of thioether (sulfide) groups is 2. The third kappa shape index (κ3) is 3.42. The van der Waals surface area contributed by atoms with Gasteiger partial charge < -0.3 is 5.32 Å². The van der Waals surface area contributed by atoms with Crippen molar-refractivity contribution in [3.63, 3.8) is 0 Å². The van der Waals surface area contributed by atoms with Crippen molar-refractivity contribution >= 4 is 56.9 Å². The maximum Gasteiger partial charge on any atom is 0.148 e. The molecule has 1 N–H and O–H groups in total. The Morgan fingerprint density at radius 3 is 3.12 bits per heavy atom. The van der Waals surface area contributed by atoms with E-state index in [0.717, 1.165) is 16.8 Å². The topological polar surface area (TPSA) is 37.8 Å². The molecule has 7 heteroatoms. The molecule has 0 spiro atoms. The molecule has 1 aromatic heterocycles. The van der Waals surface area contributed by atoms with Gasteiger partial charge in [0.2, 0.25) is 0 Å². The van der Waals surface area contributed by atoms with Gasteiger partial charge in [0.15, 0.2) is 0 Å². The first kappa shape index (κ1) is 12.8. The van der Waals surface area contributed by atoms with Crippen LogP contribution in [0.3, 0.4) is 0 Å². The lowest BCUT2D eigenvalue weighted by atomic mass is 10.4. The summed E-state index contributed by atoms with van der Waals surface area (Å²) in [5.41, 5.74) is 0. The highest BCUT2D eigenvalue weighted by Gasteiger charge is 2.15. The van der Waals surface area contributed by atoms with Gasteiger partial charge in [-0.1, -0.05) is 11.6 Å². The molecule has 1 aliphatic rings. The third-order valence-corrected chi connectivity index (χ3v) is 6.24. The second-order valence-corrected chi connectivity index (χ2v) is 6.98. The Balaban J connectivity index is 1.91. The van der Waals surface area contributed by atoms with E-state index in [1.807, 2.05) is 23.5 Å². The largest absolute Gasteiger partial charge is 0.368 e. The van der Waals surface area contributed by atoms with Crippen molar-refractivity contribution in [2.45, 2.75) is 5.25 Å². The minimum Gasteiger partial charge on any atom is -0.368 e. The molecule has 1 saturated heterocycles. The number of nitrogens with zero attached hydrogens (tertiary/aromatic N) is 2. The number of aromatic nitrogens is 2. The average molecular weight is 341 g/mol. The minimum absolute atomic E-state index is 0.447. The molecule has 88 valence electrons. The average Bonchev–Trinajstić information content (AvgIpc) is 2.32. The molecule has 2 heterocycles. The molecule has 1 fully saturated rings. The number of halogens is 2. The van der Waals surface area contributed by atoms with E-state index < -0.39 is 0 Å². The van der Waals surface area contributed by atoms with Crippen molar-refractivity contribution < 1.29 is 0 Å². The van der Waals surface area contributed by atoms with Crippen molar-refractivity contribution in [2.75, 3.05) is 29.1 Å². The predicted molar refractivity (Wildman–Crippen MR) is 76.8 cm³/mol. The van der Waals surface area contributed by atoms with Crippen molar-refractivity contribution in [1.29, 1.82) is 0 Å². The molecule has 2 rings (SSSR count). The standard InChI is InChI=1S/C9H11BrClN3S2/c10-7-8(11)13-5-14-9(7)12-3-6-4-15-1-2-16-6/h5-6H,1-4H2,(H,12,13,14). The van der Waals surface area contributed by atoms with Crippen LogP contribution in [0.25, 0.3) is 0 Å². The minimum atomic E-state index is 0.447. The van der Waals surface area contributed by atoms with Gasteiger partial charge in [0.05, 0.1) is 4.47 Å². The maximum absolute atomic E-state index is 5.89. The third-order valence-electron chi connectivity index (χ3n) is 2.13. The molecule has 0 saturated carbocycles. The summed E-state index contributed by atoms with van der Waals surface area (Å²) in [6, 6.07) is 0. The van der Waals surface area contributed by atoms with E-state index in [4.69, 9.17) is 11.6 Å². The molecule has 1 atom stereocenters. The van der Waals surface area contributed by atoms with Gasteiger partial charge in [-0.2, -0.15) is 23.5 Å². The summed E-state index contributed by atoms with van der Waals surface area (Å²) in [5.74, 6) is 4.48. The summed E-state index contributed by atoms with van der Waals surface area (Å²) in [5, 5.41) is 4.41. The smallest absolute Gasteiger partial charge is 0.148 e. The number of rotatable bonds is 3. The summed E-state index contributed by atoms with van der Waals surface area (Å²) in [4.78, 5) is 8.05. The Bertz CT molecular complexity index is 361. The van der Waals surface area contributed by atoms with Crippen molar-refractivity contribution in [1.82, 2.24) is 9.97 Å². The van der Waals surface area contributed by atoms with Crippen LogP contribution in [-0.4, -0.2) is 39.0 Å². The zero-order valence-corrected chi connectivity index (χ0v) is 12.4. The fraction of sp³-hybridized carbons (Fsp3) is 0.556. The van der Waals surface area contributed by atoms with Crippen molar-refractivity contribution in [3.8, 4) is 0 Å². The van der Waals surface area contributed by atoms with Crippen molar-refractivity contribution in [3.05, 3.63) is 16.0 Å². The molecule has 1 aromatic rings. The van der Waals surface area contributed by atoms with Crippen LogP contribution in [0, 0.1) is 0 Å². The predicted octanol–water partition coefficient (Wildman–Crippen LogP) is 3.15. The fourth-order valence-corrected chi connectivity index (χ4v) is 4.43. The number of anilines is 1. The number of hydrogen-bond acceptors (Lipinski definition) is 5. The summed E-state index contributed by atoms with van der Waals surface area (Å²) >= 11 is 13.3. The summed E-state index contributed by atoms with van der Waals surface area (Å²) in [7, 11) is 0. The summed E-state index contributed by atoms with van der Waals surface area (Å²) in [6.07, 6.45) is 1.47. The molecular formula is C9H11BrClN3S2. The van der Waals surface area contributed by atoms with Crippen LogP contribution < -0.4 is 5.32 Å². The SMILES string of the molecule is Clc1ncnc(NCC2CSCCS2)c1Br. The van der Waals surface area contributed by atoms with Gasteiger partial charge >= 0.3 is 0 Å². The molecule has 0 bridgehead atoms. The van der Waals surface area contributed by atoms with Gasteiger partial charge in [0.25, 0.3) is 0 Å². The lowest BCUT2D eigenvalue weighted by Gasteiger charge is -2.21. The van der Waals surface area contributed by atoms with Crippen LogP contribution in [0.15, 0.2) is 10.8 Å². The lowest BCUT2D eigenvalue weighted by Crippen LogP contribution is -2.23. The highest BCUT2D eigenvalue weighted by molar-refractivity contribution is 9.10. The molecule has 16 heavy (non-hydrogen) atoms. The van der Waals surface area contributed by atoms with Crippen LogP contribution in [0.2, 0.25) is 5.15 Å². The molecule has 0 radical (unpaired) electrons. The second kappa shape index (κ2) is 6.33. The maximum atomic E-state index is 5.89. The zero-order chi connectivity index (χ0) is 11.4. The Morgan fingerprint density at radius 1 is 1.50 bits per heavy atom. The zero-order valence-electron chi connectivity index (χ0n) is 8.45. The summed E-state index contributed by atoms with van der Waals surface area (Å²) in [6.45, 7) is 0.920. The molecule has 0 aromatic carbocycles. The molecule has 1 aliphatic heterocycles. The van der Waals surface area contributed by atoms with Crippen molar-refractivity contribution in [2.24, 2.45) is 0 Å². The Morgan fingerprint density at radius 2 is 2.38 bits per heavy atom. The number of nitrogens with one attached hydrogen (secondary N) is 1. The van der Waals surface area contributed by atoms with Gasteiger partial charge in [-0.25, -0.2) is 9.97 Å². The van der Waals surface area contributed by atoms with Gasteiger partial charge in [-0.15, -0.1) is 0 Å². The fourth-order valence-electron chi connectivity index (χ4n) is 1.34. The quantitative estimate of drug-likeness (QED) is 0.856. The van der Waals surface area contributed by atoms with E-state index in [1.54, 1.807) is 0 Å².